The second-order valence-corrected chi connectivity index (χ2v) is 6.55. The summed E-state index contributed by atoms with van der Waals surface area (Å²) in [6.07, 6.45) is 2.07. The van der Waals surface area contributed by atoms with Gasteiger partial charge in [-0.3, -0.25) is 4.79 Å². The molecule has 2 N–H and O–H groups in total. The molecule has 0 aliphatic rings. The number of hydrogen-bond acceptors (Lipinski definition) is 3. The van der Waals surface area contributed by atoms with Gasteiger partial charge in [-0.25, -0.2) is 0 Å². The molecular weight excluding hydrogens is 302 g/mol. The Hall–Kier alpha value is -0.390. The van der Waals surface area contributed by atoms with Gasteiger partial charge in [-0.15, -0.1) is 11.3 Å². The first-order valence-electron chi connectivity index (χ1n) is 5.73. The highest BCUT2D eigenvalue weighted by Gasteiger charge is 2.05. The molecule has 96 valence electrons. The van der Waals surface area contributed by atoms with E-state index < -0.39 is 5.97 Å². The first-order valence-corrected chi connectivity index (χ1v) is 7.40. The fourth-order valence-corrected chi connectivity index (χ4v) is 2.74. The minimum absolute atomic E-state index is 0.276. The fraction of sp³-hybridized carbons (Fsp3) is 0.583. The average Bonchev–Trinajstić information content (AvgIpc) is 2.68. The van der Waals surface area contributed by atoms with Crippen LogP contribution in [0.25, 0.3) is 0 Å². The molecule has 0 bridgehead atoms. The molecular formula is C12H18BrNO2S. The standard InChI is InChI=1S/C12H18BrNO2S/c1-9(2-3-12(15)16)4-5-14-7-10-6-11(13)17-8-10/h6,8-9,14H,2-5,7H2,1H3,(H,15,16). The molecule has 1 aromatic heterocycles. The molecule has 0 aromatic carbocycles. The second-order valence-electron chi connectivity index (χ2n) is 4.26. The van der Waals surface area contributed by atoms with Gasteiger partial charge in [-0.2, -0.15) is 0 Å². The molecule has 0 spiro atoms. The Morgan fingerprint density at radius 2 is 2.35 bits per heavy atom. The zero-order valence-electron chi connectivity index (χ0n) is 9.91. The van der Waals surface area contributed by atoms with Gasteiger partial charge in [0.2, 0.25) is 0 Å². The van der Waals surface area contributed by atoms with E-state index in [1.165, 1.54) is 5.56 Å². The molecule has 1 rings (SSSR count). The van der Waals surface area contributed by atoms with Crippen LogP contribution >= 0.6 is 27.3 Å². The van der Waals surface area contributed by atoms with Crippen molar-refractivity contribution in [3.05, 3.63) is 20.8 Å². The molecule has 0 aliphatic heterocycles. The maximum Gasteiger partial charge on any atom is 0.303 e. The summed E-state index contributed by atoms with van der Waals surface area (Å²) in [4.78, 5) is 10.4. The van der Waals surface area contributed by atoms with Crippen molar-refractivity contribution in [3.8, 4) is 0 Å². The van der Waals surface area contributed by atoms with E-state index in [1.54, 1.807) is 11.3 Å². The predicted octanol–water partition coefficient (Wildman–Crippen LogP) is 3.49. The summed E-state index contributed by atoms with van der Waals surface area (Å²) in [5, 5.41) is 14.1. The van der Waals surface area contributed by atoms with Gasteiger partial charge < -0.3 is 10.4 Å². The number of carboxylic acid groups (broad SMARTS) is 1. The molecule has 0 amide bonds. The molecule has 1 unspecified atom stereocenters. The van der Waals surface area contributed by atoms with E-state index >= 15 is 0 Å². The first kappa shape index (κ1) is 14.7. The molecule has 17 heavy (non-hydrogen) atoms. The summed E-state index contributed by atoms with van der Waals surface area (Å²) in [6.45, 7) is 3.92. The number of thiophene rings is 1. The van der Waals surface area contributed by atoms with Crippen LogP contribution in [0, 0.1) is 5.92 Å². The molecule has 1 heterocycles. The average molecular weight is 320 g/mol. The summed E-state index contributed by atoms with van der Waals surface area (Å²) >= 11 is 5.13. The molecule has 1 atom stereocenters. The maximum absolute atomic E-state index is 10.4. The number of carboxylic acids is 1. The Morgan fingerprint density at radius 3 is 2.94 bits per heavy atom. The van der Waals surface area contributed by atoms with Crippen LogP contribution in [0.15, 0.2) is 15.2 Å². The van der Waals surface area contributed by atoms with Crippen molar-refractivity contribution in [1.29, 1.82) is 0 Å². The quantitative estimate of drug-likeness (QED) is 0.721. The third-order valence-corrected chi connectivity index (χ3v) is 4.17. The molecule has 5 heteroatoms. The van der Waals surface area contributed by atoms with Crippen molar-refractivity contribution in [2.45, 2.75) is 32.7 Å². The van der Waals surface area contributed by atoms with Crippen LogP contribution in [-0.4, -0.2) is 17.6 Å². The third kappa shape index (κ3) is 6.81. The highest BCUT2D eigenvalue weighted by Crippen LogP contribution is 2.20. The van der Waals surface area contributed by atoms with Gasteiger partial charge in [0.15, 0.2) is 0 Å². The Labute approximate surface area is 114 Å². The van der Waals surface area contributed by atoms with Gasteiger partial charge in [-0.1, -0.05) is 6.92 Å². The predicted molar refractivity (Wildman–Crippen MR) is 74.4 cm³/mol. The van der Waals surface area contributed by atoms with Crippen molar-refractivity contribution in [1.82, 2.24) is 5.32 Å². The van der Waals surface area contributed by atoms with Crippen LogP contribution in [0.4, 0.5) is 0 Å². The molecule has 0 fully saturated rings. The van der Waals surface area contributed by atoms with Crippen LogP contribution in [-0.2, 0) is 11.3 Å². The lowest BCUT2D eigenvalue weighted by atomic mass is 10.0. The summed E-state index contributed by atoms with van der Waals surface area (Å²) < 4.78 is 1.16. The molecule has 1 aromatic rings. The van der Waals surface area contributed by atoms with Gasteiger partial charge in [0.05, 0.1) is 3.79 Å². The van der Waals surface area contributed by atoms with E-state index in [4.69, 9.17) is 5.11 Å². The number of hydrogen-bond donors (Lipinski definition) is 2. The Kier molecular flexibility index (Phi) is 6.77. The van der Waals surface area contributed by atoms with Crippen molar-refractivity contribution in [2.24, 2.45) is 5.92 Å². The smallest absolute Gasteiger partial charge is 0.303 e. The molecule has 3 nitrogen and oxygen atoms in total. The number of rotatable bonds is 8. The lowest BCUT2D eigenvalue weighted by molar-refractivity contribution is -0.137. The minimum Gasteiger partial charge on any atom is -0.481 e. The van der Waals surface area contributed by atoms with Crippen LogP contribution < -0.4 is 5.32 Å². The highest BCUT2D eigenvalue weighted by molar-refractivity contribution is 9.11. The lowest BCUT2D eigenvalue weighted by Crippen LogP contribution is -2.17. The van der Waals surface area contributed by atoms with Gasteiger partial charge >= 0.3 is 5.97 Å². The van der Waals surface area contributed by atoms with E-state index in [0.717, 1.165) is 29.7 Å². The number of nitrogens with one attached hydrogen (secondary N) is 1. The van der Waals surface area contributed by atoms with Crippen LogP contribution in [0.2, 0.25) is 0 Å². The minimum atomic E-state index is -0.701. The monoisotopic (exact) mass is 319 g/mol. The van der Waals surface area contributed by atoms with Crippen molar-refractivity contribution in [2.75, 3.05) is 6.54 Å². The summed E-state index contributed by atoms with van der Waals surface area (Å²) in [5.74, 6) is -0.235. The Bertz CT molecular complexity index is 354. The zero-order valence-corrected chi connectivity index (χ0v) is 12.3. The van der Waals surface area contributed by atoms with Crippen LogP contribution in [0.1, 0.15) is 31.7 Å². The zero-order chi connectivity index (χ0) is 12.7. The topological polar surface area (TPSA) is 49.3 Å². The van der Waals surface area contributed by atoms with Gasteiger partial charge in [0.1, 0.15) is 0 Å². The summed E-state index contributed by atoms with van der Waals surface area (Å²) in [5.41, 5.74) is 1.29. The number of aliphatic carboxylic acids is 1. The Balaban J connectivity index is 2.05. The van der Waals surface area contributed by atoms with E-state index in [9.17, 15) is 4.79 Å². The maximum atomic E-state index is 10.4. The van der Waals surface area contributed by atoms with Crippen molar-refractivity contribution < 1.29 is 9.90 Å². The second kappa shape index (κ2) is 7.84. The molecule has 0 saturated carbocycles. The van der Waals surface area contributed by atoms with Crippen LogP contribution in [0.3, 0.4) is 0 Å². The lowest BCUT2D eigenvalue weighted by Gasteiger charge is -2.10. The third-order valence-electron chi connectivity index (χ3n) is 2.62. The SMILES string of the molecule is CC(CCNCc1csc(Br)c1)CCC(=O)O. The van der Waals surface area contributed by atoms with Crippen LogP contribution in [0.5, 0.6) is 0 Å². The normalized spacial score (nSPS) is 12.6. The van der Waals surface area contributed by atoms with Gasteiger partial charge in [0, 0.05) is 13.0 Å². The van der Waals surface area contributed by atoms with E-state index in [0.29, 0.717) is 5.92 Å². The molecule has 0 saturated heterocycles. The molecule has 0 aliphatic carbocycles. The highest BCUT2D eigenvalue weighted by atomic mass is 79.9. The number of halogens is 1. The van der Waals surface area contributed by atoms with Crippen molar-refractivity contribution >= 4 is 33.2 Å². The largest absolute Gasteiger partial charge is 0.481 e. The molecule has 0 radical (unpaired) electrons. The van der Waals surface area contributed by atoms with Crippen molar-refractivity contribution in [3.63, 3.8) is 0 Å². The van der Waals surface area contributed by atoms with E-state index in [2.05, 4.69) is 39.6 Å². The Morgan fingerprint density at radius 1 is 1.59 bits per heavy atom. The van der Waals surface area contributed by atoms with E-state index in [1.807, 2.05) is 0 Å². The summed E-state index contributed by atoms with van der Waals surface area (Å²) in [7, 11) is 0. The van der Waals surface area contributed by atoms with Gasteiger partial charge in [0.25, 0.3) is 0 Å². The van der Waals surface area contributed by atoms with Gasteiger partial charge in [-0.05, 0) is 58.2 Å². The van der Waals surface area contributed by atoms with E-state index in [-0.39, 0.29) is 6.42 Å². The fourth-order valence-electron chi connectivity index (χ4n) is 1.53. The first-order chi connectivity index (χ1) is 8.08. The summed E-state index contributed by atoms with van der Waals surface area (Å²) in [6, 6.07) is 2.12. The number of carbonyl (C=O) groups is 1.